The molecule has 1 aromatic rings. The van der Waals surface area contributed by atoms with Gasteiger partial charge in [0.15, 0.2) is 5.16 Å². The van der Waals surface area contributed by atoms with E-state index in [0.717, 1.165) is 42.1 Å². The average Bonchev–Trinajstić information content (AvgIpc) is 2.62. The van der Waals surface area contributed by atoms with Crippen LogP contribution in [0.1, 0.15) is 13.3 Å². The van der Waals surface area contributed by atoms with Gasteiger partial charge in [-0.2, -0.15) is 0 Å². The van der Waals surface area contributed by atoms with Crippen molar-refractivity contribution in [2.75, 3.05) is 37.1 Å². The van der Waals surface area contributed by atoms with Crippen molar-refractivity contribution in [1.29, 1.82) is 0 Å². The maximum absolute atomic E-state index is 5.67. The maximum Gasteiger partial charge on any atom is 0.190 e. The summed E-state index contributed by atoms with van der Waals surface area (Å²) in [5.41, 5.74) is 0. The number of thioether (sulfide) groups is 2. The Bertz CT molecular complexity index is 381. The molecule has 0 aliphatic carbocycles. The SMILES string of the molecule is CSc1cc(N2CCCO[C@@H](C)C2)nc(SC)n1. The third kappa shape index (κ3) is 3.52. The van der Waals surface area contributed by atoms with Crippen molar-refractivity contribution in [3.63, 3.8) is 0 Å². The fourth-order valence-corrected chi connectivity index (χ4v) is 2.79. The lowest BCUT2D eigenvalue weighted by atomic mass is 10.3. The Morgan fingerprint density at radius 1 is 1.33 bits per heavy atom. The van der Waals surface area contributed by atoms with Crippen LogP contribution in [0.25, 0.3) is 0 Å². The van der Waals surface area contributed by atoms with E-state index in [1.165, 1.54) is 0 Å². The zero-order valence-corrected chi connectivity index (χ0v) is 12.7. The van der Waals surface area contributed by atoms with Gasteiger partial charge in [-0.3, -0.25) is 0 Å². The summed E-state index contributed by atoms with van der Waals surface area (Å²) in [5.74, 6) is 1.02. The number of hydrogen-bond donors (Lipinski definition) is 0. The monoisotopic (exact) mass is 285 g/mol. The number of rotatable bonds is 3. The van der Waals surface area contributed by atoms with Gasteiger partial charge < -0.3 is 9.64 Å². The van der Waals surface area contributed by atoms with Gasteiger partial charge >= 0.3 is 0 Å². The summed E-state index contributed by atoms with van der Waals surface area (Å²) in [6, 6.07) is 2.07. The standard InChI is InChI=1S/C12H19N3OS2/c1-9-8-15(5-4-6-16-9)10-7-11(17-2)14-12(13-10)18-3/h7,9H,4-6,8H2,1-3H3/t9-/m0/s1. The zero-order chi connectivity index (χ0) is 13.0. The van der Waals surface area contributed by atoms with Crippen molar-refractivity contribution in [3.8, 4) is 0 Å². The van der Waals surface area contributed by atoms with Crippen molar-refractivity contribution in [2.24, 2.45) is 0 Å². The van der Waals surface area contributed by atoms with Crippen LogP contribution in [0.2, 0.25) is 0 Å². The molecule has 0 spiro atoms. The minimum absolute atomic E-state index is 0.262. The molecular weight excluding hydrogens is 266 g/mol. The van der Waals surface area contributed by atoms with Crippen LogP contribution in [0.5, 0.6) is 0 Å². The van der Waals surface area contributed by atoms with Crippen molar-refractivity contribution in [2.45, 2.75) is 29.6 Å². The van der Waals surface area contributed by atoms with E-state index in [1.54, 1.807) is 23.5 Å². The van der Waals surface area contributed by atoms with E-state index in [1.807, 2.05) is 12.5 Å². The molecule has 6 heteroatoms. The van der Waals surface area contributed by atoms with Gasteiger partial charge in [-0.05, 0) is 25.9 Å². The van der Waals surface area contributed by atoms with Gasteiger partial charge in [-0.25, -0.2) is 9.97 Å². The molecule has 1 aliphatic heterocycles. The highest BCUT2D eigenvalue weighted by atomic mass is 32.2. The summed E-state index contributed by atoms with van der Waals surface area (Å²) >= 11 is 3.25. The van der Waals surface area contributed by atoms with Gasteiger partial charge in [-0.15, -0.1) is 11.8 Å². The molecule has 2 rings (SSSR count). The van der Waals surface area contributed by atoms with E-state index >= 15 is 0 Å². The fourth-order valence-electron chi connectivity index (χ4n) is 1.95. The molecule has 1 atom stereocenters. The van der Waals surface area contributed by atoms with Crippen LogP contribution in [-0.4, -0.2) is 48.3 Å². The molecule has 1 aliphatic rings. The zero-order valence-electron chi connectivity index (χ0n) is 11.0. The summed E-state index contributed by atoms with van der Waals surface area (Å²) < 4.78 is 5.67. The highest BCUT2D eigenvalue weighted by Crippen LogP contribution is 2.23. The molecule has 0 bridgehead atoms. The molecular formula is C12H19N3OS2. The van der Waals surface area contributed by atoms with Crippen LogP contribution in [0.4, 0.5) is 5.82 Å². The number of aromatic nitrogens is 2. The highest BCUT2D eigenvalue weighted by molar-refractivity contribution is 7.99. The molecule has 0 aromatic carbocycles. The van der Waals surface area contributed by atoms with E-state index in [0.29, 0.717) is 0 Å². The second-order valence-electron chi connectivity index (χ2n) is 4.24. The summed E-state index contributed by atoms with van der Waals surface area (Å²) in [6.45, 7) is 4.86. The second kappa shape index (κ2) is 6.63. The van der Waals surface area contributed by atoms with E-state index in [-0.39, 0.29) is 6.10 Å². The van der Waals surface area contributed by atoms with Crippen molar-refractivity contribution in [3.05, 3.63) is 6.07 Å². The first-order chi connectivity index (χ1) is 8.72. The Labute approximate surface area is 117 Å². The lowest BCUT2D eigenvalue weighted by molar-refractivity contribution is 0.0820. The van der Waals surface area contributed by atoms with E-state index in [9.17, 15) is 0 Å². The predicted octanol–water partition coefficient (Wildman–Crippen LogP) is 2.54. The molecule has 4 nitrogen and oxygen atoms in total. The number of anilines is 1. The maximum atomic E-state index is 5.67. The quantitative estimate of drug-likeness (QED) is 0.483. The number of hydrogen-bond acceptors (Lipinski definition) is 6. The largest absolute Gasteiger partial charge is 0.377 e. The average molecular weight is 285 g/mol. The molecule has 18 heavy (non-hydrogen) atoms. The molecule has 1 aromatic heterocycles. The first-order valence-corrected chi connectivity index (χ1v) is 8.51. The summed E-state index contributed by atoms with van der Waals surface area (Å²) in [5, 5.41) is 1.87. The third-order valence-electron chi connectivity index (χ3n) is 2.84. The third-order valence-corrected chi connectivity index (χ3v) is 4.01. The molecule has 0 unspecified atom stereocenters. The molecule has 2 heterocycles. The van der Waals surface area contributed by atoms with Gasteiger partial charge in [0.2, 0.25) is 0 Å². The smallest absolute Gasteiger partial charge is 0.190 e. The van der Waals surface area contributed by atoms with Gasteiger partial charge in [0, 0.05) is 25.8 Å². The van der Waals surface area contributed by atoms with Crippen molar-refractivity contribution < 1.29 is 4.74 Å². The fraction of sp³-hybridized carbons (Fsp3) is 0.667. The Morgan fingerprint density at radius 3 is 2.89 bits per heavy atom. The molecule has 0 saturated carbocycles. The van der Waals surface area contributed by atoms with Gasteiger partial charge in [0.05, 0.1) is 6.10 Å². The summed E-state index contributed by atoms with van der Waals surface area (Å²) in [4.78, 5) is 11.4. The Balaban J connectivity index is 2.24. The van der Waals surface area contributed by atoms with Crippen molar-refractivity contribution >= 4 is 29.3 Å². The van der Waals surface area contributed by atoms with Crippen LogP contribution in [0, 0.1) is 0 Å². The summed E-state index contributed by atoms with van der Waals surface area (Å²) in [7, 11) is 0. The Kier molecular flexibility index (Phi) is 5.14. The van der Waals surface area contributed by atoms with Crippen LogP contribution < -0.4 is 4.90 Å². The Hall–Kier alpha value is -0.460. The Morgan fingerprint density at radius 2 is 2.17 bits per heavy atom. The normalized spacial score (nSPS) is 20.8. The topological polar surface area (TPSA) is 38.2 Å². The molecule has 0 radical (unpaired) electrons. The lowest BCUT2D eigenvalue weighted by Gasteiger charge is -2.23. The van der Waals surface area contributed by atoms with Gasteiger partial charge in [0.1, 0.15) is 10.8 Å². The van der Waals surface area contributed by atoms with E-state index in [4.69, 9.17) is 4.74 Å². The van der Waals surface area contributed by atoms with E-state index in [2.05, 4.69) is 27.9 Å². The lowest BCUT2D eigenvalue weighted by Crippen LogP contribution is -2.31. The molecule has 0 amide bonds. The minimum atomic E-state index is 0.262. The summed E-state index contributed by atoms with van der Waals surface area (Å²) in [6.07, 6.45) is 5.37. The van der Waals surface area contributed by atoms with E-state index < -0.39 is 0 Å². The highest BCUT2D eigenvalue weighted by Gasteiger charge is 2.17. The van der Waals surface area contributed by atoms with Gasteiger partial charge in [-0.1, -0.05) is 11.8 Å². The van der Waals surface area contributed by atoms with Crippen LogP contribution >= 0.6 is 23.5 Å². The van der Waals surface area contributed by atoms with Crippen LogP contribution in [0.3, 0.4) is 0 Å². The van der Waals surface area contributed by atoms with Gasteiger partial charge in [0.25, 0.3) is 0 Å². The number of ether oxygens (including phenoxy) is 1. The molecule has 100 valence electrons. The first-order valence-electron chi connectivity index (χ1n) is 6.06. The second-order valence-corrected chi connectivity index (χ2v) is 5.84. The molecule has 1 saturated heterocycles. The van der Waals surface area contributed by atoms with Crippen LogP contribution in [-0.2, 0) is 4.74 Å². The molecule has 0 N–H and O–H groups in total. The van der Waals surface area contributed by atoms with Crippen molar-refractivity contribution in [1.82, 2.24) is 9.97 Å². The van der Waals surface area contributed by atoms with Crippen LogP contribution in [0.15, 0.2) is 16.2 Å². The minimum Gasteiger partial charge on any atom is -0.377 e. The first kappa shape index (κ1) is 14.0. The predicted molar refractivity (Wildman–Crippen MR) is 77.8 cm³/mol. The number of nitrogens with zero attached hydrogens (tertiary/aromatic N) is 3. The molecule has 1 fully saturated rings.